The van der Waals surface area contributed by atoms with Gasteiger partial charge in [0.25, 0.3) is 0 Å². The van der Waals surface area contributed by atoms with Gasteiger partial charge in [-0.15, -0.1) is 0 Å². The van der Waals surface area contributed by atoms with Crippen LogP contribution in [0, 0.1) is 0 Å². The molecule has 6 heteroatoms. The molecule has 6 nitrogen and oxygen atoms in total. The number of carbonyl (C=O) groups is 2. The number of hydrogen-bond acceptors (Lipinski definition) is 4. The Morgan fingerprint density at radius 2 is 1.80 bits per heavy atom. The smallest absolute Gasteiger partial charge is 0.323 e. The summed E-state index contributed by atoms with van der Waals surface area (Å²) in [5, 5.41) is 11.0. The summed E-state index contributed by atoms with van der Waals surface area (Å²) in [6.07, 6.45) is 0. The second kappa shape index (κ2) is 8.48. The average Bonchev–Trinajstić information content (AvgIpc) is 2.62. The molecule has 2 aromatic carbocycles. The van der Waals surface area contributed by atoms with E-state index in [1.54, 1.807) is 14.0 Å². The van der Waals surface area contributed by atoms with Gasteiger partial charge in [-0.2, -0.15) is 0 Å². The number of rotatable bonds is 8. The first kappa shape index (κ1) is 18.7. The molecular weight excluding hydrogens is 322 g/mol. The van der Waals surface area contributed by atoms with Crippen LogP contribution < -0.4 is 4.74 Å². The molecule has 0 aliphatic carbocycles. The zero-order valence-electron chi connectivity index (χ0n) is 14.7. The van der Waals surface area contributed by atoms with Gasteiger partial charge in [-0.1, -0.05) is 24.3 Å². The standard InChI is InChI=1S/C19H23NO5/c1-13(19(23)20(8-9-24-2)12-18(21)22)14-4-5-16-11-17(25-3)7-6-15(16)10-14/h4-7,10-11,13H,8-9,12H2,1-3H3,(H,21,22). The molecule has 0 aliphatic rings. The quantitative estimate of drug-likeness (QED) is 0.795. The van der Waals surface area contributed by atoms with E-state index in [0.29, 0.717) is 6.61 Å². The summed E-state index contributed by atoms with van der Waals surface area (Å²) in [5.74, 6) is -0.936. The molecule has 0 bridgehead atoms. The van der Waals surface area contributed by atoms with Crippen molar-refractivity contribution in [1.29, 1.82) is 0 Å². The van der Waals surface area contributed by atoms with E-state index in [4.69, 9.17) is 14.6 Å². The Hall–Kier alpha value is -2.60. The van der Waals surface area contributed by atoms with E-state index in [1.165, 1.54) is 12.0 Å². The van der Waals surface area contributed by atoms with Crippen LogP contribution in [-0.4, -0.2) is 55.8 Å². The van der Waals surface area contributed by atoms with Crippen molar-refractivity contribution in [3.63, 3.8) is 0 Å². The third-order valence-electron chi connectivity index (χ3n) is 4.15. The summed E-state index contributed by atoms with van der Waals surface area (Å²) in [7, 11) is 3.14. The lowest BCUT2D eigenvalue weighted by Crippen LogP contribution is -2.40. The fraction of sp³-hybridized carbons (Fsp3) is 0.368. The normalized spacial score (nSPS) is 12.0. The number of carboxylic acid groups (broad SMARTS) is 1. The van der Waals surface area contributed by atoms with Crippen LogP contribution in [0.4, 0.5) is 0 Å². The number of benzene rings is 2. The fourth-order valence-electron chi connectivity index (χ4n) is 2.69. The van der Waals surface area contributed by atoms with E-state index < -0.39 is 11.9 Å². The molecule has 2 rings (SSSR count). The minimum Gasteiger partial charge on any atom is -0.497 e. The molecule has 1 amide bonds. The largest absolute Gasteiger partial charge is 0.497 e. The molecule has 1 N–H and O–H groups in total. The SMILES string of the molecule is COCCN(CC(=O)O)C(=O)C(C)c1ccc2cc(OC)ccc2c1. The number of amides is 1. The first-order valence-electron chi connectivity index (χ1n) is 8.03. The Labute approximate surface area is 147 Å². The van der Waals surface area contributed by atoms with Crippen LogP contribution in [0.2, 0.25) is 0 Å². The summed E-state index contributed by atoms with van der Waals surface area (Å²) in [6, 6.07) is 11.5. The second-order valence-electron chi connectivity index (χ2n) is 5.84. The van der Waals surface area contributed by atoms with Gasteiger partial charge >= 0.3 is 5.97 Å². The highest BCUT2D eigenvalue weighted by molar-refractivity contribution is 5.89. The molecule has 0 aliphatic heterocycles. The molecular formula is C19H23NO5. The van der Waals surface area contributed by atoms with Crippen molar-refractivity contribution in [1.82, 2.24) is 4.90 Å². The molecule has 0 aromatic heterocycles. The molecule has 1 atom stereocenters. The zero-order valence-corrected chi connectivity index (χ0v) is 14.7. The van der Waals surface area contributed by atoms with Gasteiger partial charge in [0.05, 0.1) is 19.6 Å². The highest BCUT2D eigenvalue weighted by Gasteiger charge is 2.23. The molecule has 0 heterocycles. The maximum absolute atomic E-state index is 12.7. The van der Waals surface area contributed by atoms with Crippen LogP contribution in [0.1, 0.15) is 18.4 Å². The Morgan fingerprint density at radius 1 is 1.12 bits per heavy atom. The predicted octanol–water partition coefficient (Wildman–Crippen LogP) is 2.51. The molecule has 0 spiro atoms. The summed E-state index contributed by atoms with van der Waals surface area (Å²) < 4.78 is 10.2. The van der Waals surface area contributed by atoms with Crippen molar-refractivity contribution in [3.05, 3.63) is 42.0 Å². The van der Waals surface area contributed by atoms with Crippen LogP contribution in [0.25, 0.3) is 10.8 Å². The molecule has 1 unspecified atom stereocenters. The Morgan fingerprint density at radius 3 is 2.44 bits per heavy atom. The Bertz CT molecular complexity index is 759. The number of methoxy groups -OCH3 is 2. The van der Waals surface area contributed by atoms with Gasteiger partial charge in [0.2, 0.25) is 5.91 Å². The molecule has 0 saturated heterocycles. The van der Waals surface area contributed by atoms with Gasteiger partial charge < -0.3 is 19.5 Å². The Balaban J connectivity index is 2.24. The lowest BCUT2D eigenvalue weighted by Gasteiger charge is -2.24. The van der Waals surface area contributed by atoms with Crippen LogP contribution in [0.5, 0.6) is 5.75 Å². The third kappa shape index (κ3) is 4.70. The van der Waals surface area contributed by atoms with Crippen molar-refractivity contribution >= 4 is 22.6 Å². The third-order valence-corrected chi connectivity index (χ3v) is 4.15. The van der Waals surface area contributed by atoms with E-state index >= 15 is 0 Å². The molecule has 2 aromatic rings. The van der Waals surface area contributed by atoms with Gasteiger partial charge in [-0.25, -0.2) is 0 Å². The van der Waals surface area contributed by atoms with Crippen molar-refractivity contribution in [3.8, 4) is 5.75 Å². The van der Waals surface area contributed by atoms with Crippen molar-refractivity contribution in [2.75, 3.05) is 33.9 Å². The molecule has 0 fully saturated rings. The first-order valence-corrected chi connectivity index (χ1v) is 8.03. The van der Waals surface area contributed by atoms with Crippen LogP contribution in [-0.2, 0) is 14.3 Å². The fourth-order valence-corrected chi connectivity index (χ4v) is 2.69. The average molecular weight is 345 g/mol. The van der Waals surface area contributed by atoms with Gasteiger partial charge in [0.15, 0.2) is 0 Å². The van der Waals surface area contributed by atoms with Crippen molar-refractivity contribution in [2.24, 2.45) is 0 Å². The van der Waals surface area contributed by atoms with E-state index in [9.17, 15) is 9.59 Å². The number of aliphatic carboxylic acids is 1. The number of nitrogens with zero attached hydrogens (tertiary/aromatic N) is 1. The zero-order chi connectivity index (χ0) is 18.4. The maximum Gasteiger partial charge on any atom is 0.323 e. The molecule has 0 saturated carbocycles. The summed E-state index contributed by atoms with van der Waals surface area (Å²) >= 11 is 0. The number of carbonyl (C=O) groups excluding carboxylic acids is 1. The van der Waals surface area contributed by atoms with Crippen molar-refractivity contribution in [2.45, 2.75) is 12.8 Å². The number of hydrogen-bond donors (Lipinski definition) is 1. The van der Waals surface area contributed by atoms with Gasteiger partial charge in [0, 0.05) is 13.7 Å². The van der Waals surface area contributed by atoms with Crippen molar-refractivity contribution < 1.29 is 24.2 Å². The minimum absolute atomic E-state index is 0.229. The van der Waals surface area contributed by atoms with Crippen LogP contribution in [0.3, 0.4) is 0 Å². The lowest BCUT2D eigenvalue weighted by molar-refractivity contribution is -0.145. The van der Waals surface area contributed by atoms with Crippen LogP contribution >= 0.6 is 0 Å². The lowest BCUT2D eigenvalue weighted by atomic mass is 9.96. The van der Waals surface area contributed by atoms with Gasteiger partial charge in [-0.3, -0.25) is 9.59 Å². The monoisotopic (exact) mass is 345 g/mol. The first-order chi connectivity index (χ1) is 12.0. The van der Waals surface area contributed by atoms with Gasteiger partial charge in [-0.05, 0) is 35.4 Å². The van der Waals surface area contributed by atoms with Crippen LogP contribution in [0.15, 0.2) is 36.4 Å². The van der Waals surface area contributed by atoms with E-state index in [-0.39, 0.29) is 19.0 Å². The second-order valence-corrected chi connectivity index (χ2v) is 5.84. The molecule has 134 valence electrons. The highest BCUT2D eigenvalue weighted by atomic mass is 16.5. The number of fused-ring (bicyclic) bond motifs is 1. The molecule has 25 heavy (non-hydrogen) atoms. The summed E-state index contributed by atoms with van der Waals surface area (Å²) in [5.41, 5.74) is 0.843. The minimum atomic E-state index is -1.04. The summed E-state index contributed by atoms with van der Waals surface area (Å²) in [4.78, 5) is 25.0. The van der Waals surface area contributed by atoms with E-state index in [0.717, 1.165) is 22.1 Å². The summed E-state index contributed by atoms with van der Waals surface area (Å²) in [6.45, 7) is 1.99. The maximum atomic E-state index is 12.7. The van der Waals surface area contributed by atoms with Gasteiger partial charge in [0.1, 0.15) is 12.3 Å². The number of ether oxygens (including phenoxy) is 2. The highest BCUT2D eigenvalue weighted by Crippen LogP contribution is 2.26. The predicted molar refractivity (Wildman–Crippen MR) is 95.0 cm³/mol. The molecule has 0 radical (unpaired) electrons. The van der Waals surface area contributed by atoms with E-state index in [1.807, 2.05) is 36.4 Å². The Kier molecular flexibility index (Phi) is 6.36. The number of carboxylic acids is 1. The topological polar surface area (TPSA) is 76.1 Å². The van der Waals surface area contributed by atoms with E-state index in [2.05, 4.69) is 0 Å².